The number of ether oxygens (including phenoxy) is 4. The van der Waals surface area contributed by atoms with Crippen LogP contribution in [0.4, 0.5) is 0 Å². The van der Waals surface area contributed by atoms with Crippen LogP contribution < -0.4 is 0 Å². The molecule has 0 aliphatic carbocycles. The number of hydrogen-bond donors (Lipinski definition) is 0. The second-order valence-corrected chi connectivity index (χ2v) is 4.93. The molecule has 0 spiro atoms. The number of carbonyl (C=O) groups excluding carboxylic acids is 2. The van der Waals surface area contributed by atoms with Crippen molar-refractivity contribution >= 4 is 11.9 Å². The van der Waals surface area contributed by atoms with Crippen LogP contribution in [0.3, 0.4) is 0 Å². The Morgan fingerprint density at radius 1 is 1.17 bits per heavy atom. The highest BCUT2D eigenvalue weighted by atomic mass is 16.7. The Kier molecular flexibility index (Phi) is 3.59. The molecule has 6 heteroatoms. The summed E-state index contributed by atoms with van der Waals surface area (Å²) >= 11 is 0. The lowest BCUT2D eigenvalue weighted by atomic mass is 9.96. The summed E-state index contributed by atoms with van der Waals surface area (Å²) in [4.78, 5) is 22.0. The first-order valence-corrected chi connectivity index (χ1v) is 6.04. The standard InChI is InChI=1S/C12H18O6/c1-7(13)16-9-4-5-10(12(3)6-15-12)18-11(9)17-8(2)14/h9-11H,4-6H2,1-3H3/t9?,10?,11?,12-/m0/s1. The molecule has 2 saturated heterocycles. The van der Waals surface area contributed by atoms with Gasteiger partial charge >= 0.3 is 11.9 Å². The summed E-state index contributed by atoms with van der Waals surface area (Å²) in [5.74, 6) is -0.868. The minimum Gasteiger partial charge on any atom is -0.456 e. The molecule has 0 aromatic carbocycles. The van der Waals surface area contributed by atoms with Gasteiger partial charge in [-0.1, -0.05) is 0 Å². The molecule has 18 heavy (non-hydrogen) atoms. The van der Waals surface area contributed by atoms with Crippen LogP contribution in [0.2, 0.25) is 0 Å². The average molecular weight is 258 g/mol. The molecule has 2 aliphatic heterocycles. The normalized spacial score (nSPS) is 38.9. The second kappa shape index (κ2) is 4.85. The summed E-state index contributed by atoms with van der Waals surface area (Å²) in [5, 5.41) is 0. The number of carbonyl (C=O) groups is 2. The summed E-state index contributed by atoms with van der Waals surface area (Å²) in [6, 6.07) is 0. The maximum absolute atomic E-state index is 11.0. The zero-order chi connectivity index (χ0) is 13.3. The van der Waals surface area contributed by atoms with Gasteiger partial charge in [0, 0.05) is 13.8 Å². The van der Waals surface area contributed by atoms with E-state index in [4.69, 9.17) is 18.9 Å². The second-order valence-electron chi connectivity index (χ2n) is 4.93. The maximum Gasteiger partial charge on any atom is 0.305 e. The largest absolute Gasteiger partial charge is 0.456 e. The molecular weight excluding hydrogens is 240 g/mol. The average Bonchev–Trinajstić information content (AvgIpc) is 2.99. The molecule has 0 bridgehead atoms. The van der Waals surface area contributed by atoms with Gasteiger partial charge in [0.25, 0.3) is 0 Å². The van der Waals surface area contributed by atoms with Gasteiger partial charge in [0.2, 0.25) is 6.29 Å². The molecule has 0 radical (unpaired) electrons. The van der Waals surface area contributed by atoms with Gasteiger partial charge in [0.05, 0.1) is 12.7 Å². The monoisotopic (exact) mass is 258 g/mol. The van der Waals surface area contributed by atoms with Crippen molar-refractivity contribution in [2.45, 2.75) is 57.7 Å². The van der Waals surface area contributed by atoms with Gasteiger partial charge in [-0.25, -0.2) is 0 Å². The van der Waals surface area contributed by atoms with E-state index < -0.39 is 24.3 Å². The molecule has 0 saturated carbocycles. The van der Waals surface area contributed by atoms with E-state index in [9.17, 15) is 9.59 Å². The number of hydrogen-bond acceptors (Lipinski definition) is 6. The molecule has 6 nitrogen and oxygen atoms in total. The van der Waals surface area contributed by atoms with Crippen LogP contribution in [-0.2, 0) is 28.5 Å². The molecule has 2 rings (SSSR count). The van der Waals surface area contributed by atoms with Gasteiger partial charge in [-0.15, -0.1) is 0 Å². The van der Waals surface area contributed by atoms with E-state index in [1.807, 2.05) is 6.92 Å². The lowest BCUT2D eigenvalue weighted by molar-refractivity contribution is -0.248. The fourth-order valence-corrected chi connectivity index (χ4v) is 2.11. The highest BCUT2D eigenvalue weighted by molar-refractivity contribution is 5.67. The van der Waals surface area contributed by atoms with Crippen molar-refractivity contribution in [2.75, 3.05) is 6.61 Å². The van der Waals surface area contributed by atoms with Gasteiger partial charge < -0.3 is 18.9 Å². The molecule has 2 fully saturated rings. The fourth-order valence-electron chi connectivity index (χ4n) is 2.11. The van der Waals surface area contributed by atoms with Crippen molar-refractivity contribution < 1.29 is 28.5 Å². The molecule has 3 unspecified atom stereocenters. The molecular formula is C12H18O6. The van der Waals surface area contributed by atoms with E-state index in [0.29, 0.717) is 19.4 Å². The smallest absolute Gasteiger partial charge is 0.305 e. The van der Waals surface area contributed by atoms with Crippen LogP contribution in [0.5, 0.6) is 0 Å². The first-order valence-electron chi connectivity index (χ1n) is 6.04. The van der Waals surface area contributed by atoms with E-state index in [1.165, 1.54) is 13.8 Å². The zero-order valence-electron chi connectivity index (χ0n) is 10.8. The number of epoxide rings is 1. The Morgan fingerprint density at radius 2 is 1.78 bits per heavy atom. The Bertz CT molecular complexity index is 348. The molecule has 2 heterocycles. The van der Waals surface area contributed by atoms with E-state index >= 15 is 0 Å². The van der Waals surface area contributed by atoms with Crippen molar-refractivity contribution in [3.8, 4) is 0 Å². The summed E-state index contributed by atoms with van der Waals surface area (Å²) in [5.41, 5.74) is -0.292. The molecule has 0 N–H and O–H groups in total. The Hall–Kier alpha value is -1.14. The first kappa shape index (κ1) is 13.3. The summed E-state index contributed by atoms with van der Waals surface area (Å²) < 4.78 is 21.2. The van der Waals surface area contributed by atoms with Gasteiger partial charge in [-0.3, -0.25) is 9.59 Å². The fraction of sp³-hybridized carbons (Fsp3) is 0.833. The van der Waals surface area contributed by atoms with Crippen LogP contribution in [-0.4, -0.2) is 42.6 Å². The highest BCUT2D eigenvalue weighted by Gasteiger charge is 2.52. The van der Waals surface area contributed by atoms with Crippen molar-refractivity contribution in [2.24, 2.45) is 0 Å². The van der Waals surface area contributed by atoms with E-state index in [-0.39, 0.29) is 11.7 Å². The maximum atomic E-state index is 11.0. The summed E-state index contributed by atoms with van der Waals surface area (Å²) in [6.45, 7) is 5.21. The third kappa shape index (κ3) is 3.00. The molecule has 2 aliphatic rings. The van der Waals surface area contributed by atoms with E-state index in [1.54, 1.807) is 0 Å². The predicted molar refractivity (Wildman–Crippen MR) is 59.6 cm³/mol. The molecule has 102 valence electrons. The molecule has 4 atom stereocenters. The summed E-state index contributed by atoms with van der Waals surface area (Å²) in [7, 11) is 0. The van der Waals surface area contributed by atoms with Gasteiger partial charge in [0.15, 0.2) is 6.10 Å². The molecule has 0 aromatic rings. The van der Waals surface area contributed by atoms with Gasteiger partial charge in [-0.2, -0.15) is 0 Å². The van der Waals surface area contributed by atoms with Crippen molar-refractivity contribution in [1.29, 1.82) is 0 Å². The zero-order valence-corrected chi connectivity index (χ0v) is 10.8. The van der Waals surface area contributed by atoms with Crippen LogP contribution >= 0.6 is 0 Å². The summed E-state index contributed by atoms with van der Waals surface area (Å²) in [6.07, 6.45) is -0.197. The van der Waals surface area contributed by atoms with Crippen LogP contribution in [0.25, 0.3) is 0 Å². The van der Waals surface area contributed by atoms with Crippen LogP contribution in [0.1, 0.15) is 33.6 Å². The highest BCUT2D eigenvalue weighted by Crippen LogP contribution is 2.38. The first-order chi connectivity index (χ1) is 8.40. The van der Waals surface area contributed by atoms with Crippen molar-refractivity contribution in [3.63, 3.8) is 0 Å². The SMILES string of the molecule is CC(=O)OC1CCC([C@]2(C)CO2)OC1OC(C)=O. The molecule has 0 amide bonds. The third-order valence-corrected chi connectivity index (χ3v) is 3.20. The minimum atomic E-state index is -0.842. The number of rotatable bonds is 3. The van der Waals surface area contributed by atoms with E-state index in [2.05, 4.69) is 0 Å². The Morgan fingerprint density at radius 3 is 2.28 bits per heavy atom. The quantitative estimate of drug-likeness (QED) is 0.550. The predicted octanol–water partition coefficient (Wildman–Crippen LogP) is 0.775. The lowest BCUT2D eigenvalue weighted by Gasteiger charge is -2.36. The topological polar surface area (TPSA) is 74.4 Å². The minimum absolute atomic E-state index is 0.131. The van der Waals surface area contributed by atoms with Crippen LogP contribution in [0, 0.1) is 0 Å². The Balaban J connectivity index is 2.00. The lowest BCUT2D eigenvalue weighted by Crippen LogP contribution is -2.47. The Labute approximate surface area is 106 Å². The third-order valence-electron chi connectivity index (χ3n) is 3.20. The van der Waals surface area contributed by atoms with E-state index in [0.717, 1.165) is 0 Å². The number of esters is 2. The van der Waals surface area contributed by atoms with Crippen molar-refractivity contribution in [1.82, 2.24) is 0 Å². The van der Waals surface area contributed by atoms with Gasteiger partial charge in [-0.05, 0) is 19.8 Å². The van der Waals surface area contributed by atoms with Crippen molar-refractivity contribution in [3.05, 3.63) is 0 Å². The van der Waals surface area contributed by atoms with Crippen LogP contribution in [0.15, 0.2) is 0 Å². The molecule has 0 aromatic heterocycles. The van der Waals surface area contributed by atoms with Gasteiger partial charge in [0.1, 0.15) is 5.60 Å².